The van der Waals surface area contributed by atoms with Gasteiger partial charge in [0.15, 0.2) is 5.82 Å². The number of hydrogen-bond acceptors (Lipinski definition) is 5. The average Bonchev–Trinajstić information content (AvgIpc) is 2.81. The maximum Gasteiger partial charge on any atom is 0.240 e. The molecular formula is C13H24N4O. The third-order valence-electron chi connectivity index (χ3n) is 3.78. The minimum absolute atomic E-state index is 0.318. The molecule has 2 heterocycles. The number of piperidine rings is 1. The first-order valence-electron chi connectivity index (χ1n) is 6.86. The van der Waals surface area contributed by atoms with E-state index in [1.807, 2.05) is 0 Å². The lowest BCUT2D eigenvalue weighted by Crippen LogP contribution is -2.43. The molecule has 2 rings (SSSR count). The number of aromatic nitrogens is 2. The highest BCUT2D eigenvalue weighted by Crippen LogP contribution is 2.23. The Morgan fingerprint density at radius 2 is 2.22 bits per heavy atom. The Balaban J connectivity index is 1.98. The molecule has 1 saturated heterocycles. The molecule has 0 spiro atoms. The van der Waals surface area contributed by atoms with Crippen molar-refractivity contribution in [1.82, 2.24) is 15.0 Å². The van der Waals surface area contributed by atoms with Crippen LogP contribution in [0.5, 0.6) is 0 Å². The Kier molecular flexibility index (Phi) is 4.35. The molecule has 102 valence electrons. The topological polar surface area (TPSA) is 68.2 Å². The predicted octanol–water partition coefficient (Wildman–Crippen LogP) is 1.75. The fourth-order valence-electron chi connectivity index (χ4n) is 2.42. The number of likely N-dealkylation sites (tertiary alicyclic amines) is 1. The molecule has 2 unspecified atom stereocenters. The third kappa shape index (κ3) is 3.09. The summed E-state index contributed by atoms with van der Waals surface area (Å²) in [6.07, 6.45) is 2.43. The molecular weight excluding hydrogens is 228 g/mol. The molecule has 5 heteroatoms. The minimum Gasteiger partial charge on any atom is -0.338 e. The smallest absolute Gasteiger partial charge is 0.240 e. The van der Waals surface area contributed by atoms with Crippen LogP contribution in [0.3, 0.4) is 0 Å². The van der Waals surface area contributed by atoms with E-state index in [0.717, 1.165) is 31.3 Å². The van der Waals surface area contributed by atoms with Crippen LogP contribution >= 0.6 is 0 Å². The van der Waals surface area contributed by atoms with Crippen molar-refractivity contribution in [1.29, 1.82) is 0 Å². The molecule has 0 saturated carbocycles. The van der Waals surface area contributed by atoms with Crippen molar-refractivity contribution in [3.63, 3.8) is 0 Å². The Labute approximate surface area is 109 Å². The van der Waals surface area contributed by atoms with E-state index >= 15 is 0 Å². The summed E-state index contributed by atoms with van der Waals surface area (Å²) in [4.78, 5) is 6.84. The van der Waals surface area contributed by atoms with Crippen LogP contribution in [0.25, 0.3) is 0 Å². The highest BCUT2D eigenvalue weighted by atomic mass is 16.5. The van der Waals surface area contributed by atoms with Gasteiger partial charge < -0.3 is 10.3 Å². The lowest BCUT2D eigenvalue weighted by atomic mass is 9.93. The number of rotatable bonds is 4. The third-order valence-corrected chi connectivity index (χ3v) is 3.78. The fourth-order valence-corrected chi connectivity index (χ4v) is 2.42. The van der Waals surface area contributed by atoms with E-state index in [0.29, 0.717) is 17.9 Å². The second kappa shape index (κ2) is 5.80. The highest BCUT2D eigenvalue weighted by Gasteiger charge is 2.26. The van der Waals surface area contributed by atoms with Crippen molar-refractivity contribution < 1.29 is 4.52 Å². The molecule has 1 aliphatic heterocycles. The maximum absolute atomic E-state index is 5.77. The summed E-state index contributed by atoms with van der Waals surface area (Å²) in [7, 11) is 0. The summed E-state index contributed by atoms with van der Waals surface area (Å²) in [5, 5.41) is 4.01. The van der Waals surface area contributed by atoms with E-state index in [9.17, 15) is 0 Å². The summed E-state index contributed by atoms with van der Waals surface area (Å²) in [6.45, 7) is 8.95. The molecule has 2 N–H and O–H groups in total. The van der Waals surface area contributed by atoms with Crippen molar-refractivity contribution >= 4 is 0 Å². The predicted molar refractivity (Wildman–Crippen MR) is 70.0 cm³/mol. The van der Waals surface area contributed by atoms with E-state index < -0.39 is 0 Å². The van der Waals surface area contributed by atoms with Gasteiger partial charge in [0.05, 0.1) is 6.54 Å². The molecule has 0 bridgehead atoms. The van der Waals surface area contributed by atoms with Crippen molar-refractivity contribution in [2.24, 2.45) is 11.7 Å². The Hall–Kier alpha value is -0.940. The summed E-state index contributed by atoms with van der Waals surface area (Å²) in [6, 6.07) is 0.571. The number of hydrogen-bond donors (Lipinski definition) is 1. The first-order chi connectivity index (χ1) is 8.60. The monoisotopic (exact) mass is 252 g/mol. The first-order valence-corrected chi connectivity index (χ1v) is 6.86. The second-order valence-corrected chi connectivity index (χ2v) is 5.66. The van der Waals surface area contributed by atoms with E-state index in [4.69, 9.17) is 10.3 Å². The van der Waals surface area contributed by atoms with Crippen LogP contribution in [0, 0.1) is 5.92 Å². The van der Waals surface area contributed by atoms with Gasteiger partial charge in [0.25, 0.3) is 0 Å². The lowest BCUT2D eigenvalue weighted by Gasteiger charge is -2.36. The van der Waals surface area contributed by atoms with Crippen LogP contribution < -0.4 is 5.73 Å². The minimum atomic E-state index is 0.318. The van der Waals surface area contributed by atoms with Crippen LogP contribution in [-0.4, -0.2) is 34.2 Å². The van der Waals surface area contributed by atoms with Crippen molar-refractivity contribution in [2.75, 3.05) is 13.1 Å². The second-order valence-electron chi connectivity index (χ2n) is 5.66. The largest absolute Gasteiger partial charge is 0.338 e. The van der Waals surface area contributed by atoms with Gasteiger partial charge in [-0.3, -0.25) is 4.90 Å². The summed E-state index contributed by atoms with van der Waals surface area (Å²) in [5.74, 6) is 2.44. The zero-order valence-electron chi connectivity index (χ0n) is 11.6. The molecule has 1 fully saturated rings. The van der Waals surface area contributed by atoms with Gasteiger partial charge in [0.2, 0.25) is 5.89 Å². The van der Waals surface area contributed by atoms with Crippen molar-refractivity contribution in [3.05, 3.63) is 11.7 Å². The zero-order chi connectivity index (χ0) is 13.1. The number of nitrogens with two attached hydrogens (primary N) is 1. The Morgan fingerprint density at radius 1 is 1.44 bits per heavy atom. The Bertz CT molecular complexity index is 377. The van der Waals surface area contributed by atoms with E-state index in [1.165, 1.54) is 12.8 Å². The molecule has 0 amide bonds. The van der Waals surface area contributed by atoms with Gasteiger partial charge in [0, 0.05) is 18.5 Å². The van der Waals surface area contributed by atoms with E-state index in [-0.39, 0.29) is 0 Å². The Morgan fingerprint density at radius 3 is 2.83 bits per heavy atom. The summed E-state index contributed by atoms with van der Waals surface area (Å²) < 4.78 is 5.31. The van der Waals surface area contributed by atoms with Crippen LogP contribution in [0.15, 0.2) is 4.52 Å². The van der Waals surface area contributed by atoms with Gasteiger partial charge in [-0.1, -0.05) is 19.0 Å². The molecule has 2 atom stereocenters. The standard InChI is InChI=1S/C13H24N4O/c1-9(2)13-15-12(18-16-13)8-17-7-11(6-14)5-4-10(17)3/h9-11H,4-8,14H2,1-3H3. The SMILES string of the molecule is CC(C)c1noc(CN2CC(CN)CCC2C)n1. The molecule has 1 aromatic rings. The average molecular weight is 252 g/mol. The quantitative estimate of drug-likeness (QED) is 0.884. The van der Waals surface area contributed by atoms with Crippen LogP contribution in [0.4, 0.5) is 0 Å². The molecule has 0 radical (unpaired) electrons. The number of nitrogens with zero attached hydrogens (tertiary/aromatic N) is 3. The molecule has 0 aliphatic carbocycles. The van der Waals surface area contributed by atoms with Crippen LogP contribution in [0.1, 0.15) is 51.2 Å². The molecule has 18 heavy (non-hydrogen) atoms. The zero-order valence-corrected chi connectivity index (χ0v) is 11.6. The van der Waals surface area contributed by atoms with Gasteiger partial charge in [0.1, 0.15) is 0 Å². The van der Waals surface area contributed by atoms with Gasteiger partial charge in [-0.2, -0.15) is 4.98 Å². The molecule has 5 nitrogen and oxygen atoms in total. The van der Waals surface area contributed by atoms with Crippen molar-refractivity contribution in [3.8, 4) is 0 Å². The van der Waals surface area contributed by atoms with Crippen molar-refractivity contribution in [2.45, 2.75) is 52.1 Å². The summed E-state index contributed by atoms with van der Waals surface area (Å²) in [5.41, 5.74) is 5.77. The lowest BCUT2D eigenvalue weighted by molar-refractivity contribution is 0.100. The normalized spacial score (nSPS) is 25.8. The molecule has 1 aromatic heterocycles. The summed E-state index contributed by atoms with van der Waals surface area (Å²) >= 11 is 0. The van der Waals surface area contributed by atoms with Crippen LogP contribution in [-0.2, 0) is 6.54 Å². The molecule has 1 aliphatic rings. The van der Waals surface area contributed by atoms with E-state index in [2.05, 4.69) is 35.8 Å². The van der Waals surface area contributed by atoms with E-state index in [1.54, 1.807) is 0 Å². The van der Waals surface area contributed by atoms with Gasteiger partial charge in [-0.25, -0.2) is 0 Å². The van der Waals surface area contributed by atoms with Gasteiger partial charge in [-0.15, -0.1) is 0 Å². The highest BCUT2D eigenvalue weighted by molar-refractivity contribution is 4.92. The van der Waals surface area contributed by atoms with Gasteiger partial charge >= 0.3 is 0 Å². The van der Waals surface area contributed by atoms with Crippen LogP contribution in [0.2, 0.25) is 0 Å². The fraction of sp³-hybridized carbons (Fsp3) is 0.846. The first kappa shape index (κ1) is 13.5. The molecule has 0 aromatic carbocycles. The maximum atomic E-state index is 5.77. The van der Waals surface area contributed by atoms with Gasteiger partial charge in [-0.05, 0) is 32.2 Å².